The van der Waals surface area contributed by atoms with Crippen LogP contribution in [0.1, 0.15) is 30.0 Å². The molecule has 1 aliphatic carbocycles. The molecule has 1 N–H and O–H groups in total. The zero-order valence-electron chi connectivity index (χ0n) is 12.2. The molecule has 1 aromatic heterocycles. The van der Waals surface area contributed by atoms with Crippen molar-refractivity contribution in [3.05, 3.63) is 39.1 Å². The molecular weight excluding hydrogens is 377 g/mol. The van der Waals surface area contributed by atoms with Crippen LogP contribution in [0.3, 0.4) is 0 Å². The number of rotatable bonds is 5. The van der Waals surface area contributed by atoms with Crippen molar-refractivity contribution >= 4 is 28.4 Å². The van der Waals surface area contributed by atoms with E-state index in [1.807, 2.05) is 7.05 Å². The van der Waals surface area contributed by atoms with Crippen LogP contribution in [0.25, 0.3) is 11.4 Å². The number of anilines is 1. The molecule has 0 radical (unpaired) electrons. The van der Waals surface area contributed by atoms with E-state index in [9.17, 15) is 0 Å². The van der Waals surface area contributed by atoms with Gasteiger partial charge in [-0.05, 0) is 46.9 Å². The number of aromatic nitrogens is 2. The lowest BCUT2D eigenvalue weighted by molar-refractivity contribution is 0.181. The van der Waals surface area contributed by atoms with Crippen molar-refractivity contribution in [1.82, 2.24) is 9.97 Å². The average molecular weight is 395 g/mol. The fraction of sp³-hybridized carbons (Fsp3) is 0.375. The first-order valence-corrected chi connectivity index (χ1v) is 8.14. The van der Waals surface area contributed by atoms with Gasteiger partial charge in [0, 0.05) is 19.7 Å². The monoisotopic (exact) mass is 395 g/mol. The molecule has 0 amide bonds. The summed E-state index contributed by atoms with van der Waals surface area (Å²) in [5.74, 6) is 2.36. The zero-order valence-corrected chi connectivity index (χ0v) is 14.3. The quantitative estimate of drug-likeness (QED) is 0.783. The number of hydrogen-bond donors (Lipinski definition) is 1. The Morgan fingerprint density at radius 2 is 1.95 bits per heavy atom. The van der Waals surface area contributed by atoms with Crippen LogP contribution in [-0.4, -0.2) is 24.1 Å². The lowest BCUT2D eigenvalue weighted by Gasteiger charge is -2.11. The molecule has 21 heavy (non-hydrogen) atoms. The van der Waals surface area contributed by atoms with Crippen molar-refractivity contribution in [2.75, 3.05) is 19.5 Å². The summed E-state index contributed by atoms with van der Waals surface area (Å²) >= 11 is 2.26. The number of hydrogen-bond acceptors (Lipinski definition) is 4. The summed E-state index contributed by atoms with van der Waals surface area (Å²) in [6.07, 6.45) is 2.64. The maximum Gasteiger partial charge on any atom is 0.161 e. The molecule has 0 spiro atoms. The molecule has 0 bridgehead atoms. The molecule has 1 fully saturated rings. The highest BCUT2D eigenvalue weighted by Gasteiger charge is 2.23. The van der Waals surface area contributed by atoms with Crippen LogP contribution < -0.4 is 5.32 Å². The number of nitrogens with zero attached hydrogens (tertiary/aromatic N) is 2. The molecule has 5 heteroatoms. The Kier molecular flexibility index (Phi) is 4.40. The number of benzene rings is 1. The van der Waals surface area contributed by atoms with E-state index in [2.05, 4.69) is 62.1 Å². The minimum absolute atomic E-state index is 0.489. The van der Waals surface area contributed by atoms with Gasteiger partial charge in [0.2, 0.25) is 0 Å². The van der Waals surface area contributed by atoms with Gasteiger partial charge in [0.1, 0.15) is 5.82 Å². The Hall–Kier alpha value is -1.21. The largest absolute Gasteiger partial charge is 0.378 e. The molecule has 0 atom stereocenters. The Balaban J connectivity index is 1.97. The van der Waals surface area contributed by atoms with Crippen LogP contribution >= 0.6 is 22.6 Å². The van der Waals surface area contributed by atoms with Crippen molar-refractivity contribution in [2.24, 2.45) is 0 Å². The highest BCUT2D eigenvalue weighted by atomic mass is 127. The summed E-state index contributed by atoms with van der Waals surface area (Å²) in [6.45, 7) is 0.489. The van der Waals surface area contributed by atoms with Crippen LogP contribution in [0.4, 0.5) is 5.82 Å². The van der Waals surface area contributed by atoms with Crippen molar-refractivity contribution in [3.8, 4) is 11.4 Å². The second-order valence-corrected chi connectivity index (χ2v) is 6.31. The number of halogens is 1. The SMILES string of the molecule is CNc1nc(-c2ccc(C3CC3)cc2)nc(COC)c1I. The van der Waals surface area contributed by atoms with E-state index in [1.54, 1.807) is 7.11 Å². The maximum absolute atomic E-state index is 5.24. The minimum Gasteiger partial charge on any atom is -0.378 e. The van der Waals surface area contributed by atoms with E-state index >= 15 is 0 Å². The van der Waals surface area contributed by atoms with E-state index in [-0.39, 0.29) is 0 Å². The molecule has 1 aliphatic rings. The molecule has 110 valence electrons. The van der Waals surface area contributed by atoms with E-state index in [0.29, 0.717) is 6.61 Å². The van der Waals surface area contributed by atoms with Gasteiger partial charge in [0.05, 0.1) is 15.9 Å². The molecule has 0 saturated heterocycles. The molecule has 1 saturated carbocycles. The predicted octanol–water partition coefficient (Wildman–Crippen LogP) is 3.81. The fourth-order valence-electron chi connectivity index (χ4n) is 2.34. The standard InChI is InChI=1S/C16H18IN3O/c1-18-16-14(17)13(9-21-2)19-15(20-16)12-7-5-11(6-8-12)10-3-4-10/h5-8,10H,3-4,9H2,1-2H3,(H,18,19,20). The van der Waals surface area contributed by atoms with Gasteiger partial charge in [-0.2, -0.15) is 0 Å². The van der Waals surface area contributed by atoms with Crippen LogP contribution in [-0.2, 0) is 11.3 Å². The molecule has 4 nitrogen and oxygen atoms in total. The molecule has 1 aromatic carbocycles. The van der Waals surface area contributed by atoms with Crippen molar-refractivity contribution in [1.29, 1.82) is 0 Å². The molecule has 0 unspecified atom stereocenters. The number of nitrogens with one attached hydrogen (secondary N) is 1. The number of ether oxygens (including phenoxy) is 1. The van der Waals surface area contributed by atoms with E-state index in [0.717, 1.165) is 32.4 Å². The summed E-state index contributed by atoms with van der Waals surface area (Å²) in [5, 5.41) is 3.13. The molecular formula is C16H18IN3O. The third-order valence-electron chi connectivity index (χ3n) is 3.66. The van der Waals surface area contributed by atoms with Gasteiger partial charge in [-0.3, -0.25) is 0 Å². The normalized spacial score (nSPS) is 14.2. The summed E-state index contributed by atoms with van der Waals surface area (Å²) in [6, 6.07) is 8.63. The van der Waals surface area contributed by atoms with E-state index in [1.165, 1.54) is 18.4 Å². The van der Waals surface area contributed by atoms with Gasteiger partial charge in [-0.25, -0.2) is 9.97 Å². The highest BCUT2D eigenvalue weighted by Crippen LogP contribution is 2.40. The first-order chi connectivity index (χ1) is 10.2. The summed E-state index contributed by atoms with van der Waals surface area (Å²) in [7, 11) is 3.56. The minimum atomic E-state index is 0.489. The molecule has 2 aromatic rings. The lowest BCUT2D eigenvalue weighted by Crippen LogP contribution is -2.06. The van der Waals surface area contributed by atoms with Gasteiger partial charge in [-0.15, -0.1) is 0 Å². The smallest absolute Gasteiger partial charge is 0.161 e. The third-order valence-corrected chi connectivity index (χ3v) is 4.79. The average Bonchev–Trinajstić information content (AvgIpc) is 3.34. The highest BCUT2D eigenvalue weighted by molar-refractivity contribution is 14.1. The lowest BCUT2D eigenvalue weighted by atomic mass is 10.1. The third kappa shape index (κ3) is 3.18. The van der Waals surface area contributed by atoms with Crippen molar-refractivity contribution in [2.45, 2.75) is 25.4 Å². The maximum atomic E-state index is 5.24. The molecule has 0 aliphatic heterocycles. The van der Waals surface area contributed by atoms with Gasteiger partial charge in [0.25, 0.3) is 0 Å². The first-order valence-electron chi connectivity index (χ1n) is 7.06. The van der Waals surface area contributed by atoms with E-state index < -0.39 is 0 Å². The van der Waals surface area contributed by atoms with Gasteiger partial charge >= 0.3 is 0 Å². The van der Waals surface area contributed by atoms with Crippen molar-refractivity contribution in [3.63, 3.8) is 0 Å². The summed E-state index contributed by atoms with van der Waals surface area (Å²) in [4.78, 5) is 9.26. The summed E-state index contributed by atoms with van der Waals surface area (Å²) in [5.41, 5.74) is 3.39. The Morgan fingerprint density at radius 1 is 1.24 bits per heavy atom. The number of methoxy groups -OCH3 is 1. The second-order valence-electron chi connectivity index (χ2n) is 5.24. The van der Waals surface area contributed by atoms with Crippen LogP contribution in [0.2, 0.25) is 0 Å². The van der Waals surface area contributed by atoms with Crippen LogP contribution in [0.15, 0.2) is 24.3 Å². The van der Waals surface area contributed by atoms with Gasteiger partial charge < -0.3 is 10.1 Å². The van der Waals surface area contributed by atoms with Gasteiger partial charge in [-0.1, -0.05) is 24.3 Å². The Bertz CT molecular complexity index is 639. The first kappa shape index (κ1) is 14.7. The zero-order chi connectivity index (χ0) is 14.8. The predicted molar refractivity (Wildman–Crippen MR) is 92.4 cm³/mol. The Labute approximate surface area is 138 Å². The topological polar surface area (TPSA) is 47.0 Å². The fourth-order valence-corrected chi connectivity index (χ4v) is 3.01. The van der Waals surface area contributed by atoms with Crippen LogP contribution in [0.5, 0.6) is 0 Å². The Morgan fingerprint density at radius 3 is 2.52 bits per heavy atom. The summed E-state index contributed by atoms with van der Waals surface area (Å²) < 4.78 is 6.24. The van der Waals surface area contributed by atoms with Crippen LogP contribution in [0, 0.1) is 3.57 Å². The molecule has 3 rings (SSSR count). The van der Waals surface area contributed by atoms with E-state index in [4.69, 9.17) is 4.74 Å². The second kappa shape index (κ2) is 6.27. The van der Waals surface area contributed by atoms with Crippen molar-refractivity contribution < 1.29 is 4.74 Å². The van der Waals surface area contributed by atoms with Gasteiger partial charge in [0.15, 0.2) is 5.82 Å². The molecule has 1 heterocycles.